The van der Waals surface area contributed by atoms with Crippen molar-refractivity contribution in [2.45, 2.75) is 20.0 Å². The van der Waals surface area contributed by atoms with Crippen LogP contribution in [-0.2, 0) is 17.8 Å². The Labute approximate surface area is 157 Å². The van der Waals surface area contributed by atoms with Crippen LogP contribution < -0.4 is 10.9 Å². The van der Waals surface area contributed by atoms with Crippen molar-refractivity contribution in [1.82, 2.24) is 24.6 Å². The van der Waals surface area contributed by atoms with Crippen molar-refractivity contribution in [3.05, 3.63) is 44.9 Å². The van der Waals surface area contributed by atoms with E-state index < -0.39 is 0 Å². The number of methoxy groups -OCH3 is 1. The number of amides is 1. The van der Waals surface area contributed by atoms with Crippen LogP contribution in [0.5, 0.6) is 0 Å². The molecule has 3 aromatic rings. The van der Waals surface area contributed by atoms with E-state index in [0.29, 0.717) is 32.0 Å². The molecule has 0 bridgehead atoms. The van der Waals surface area contributed by atoms with Crippen molar-refractivity contribution in [2.24, 2.45) is 0 Å². The average molecular weight is 424 g/mol. The Morgan fingerprint density at radius 1 is 1.42 bits per heavy atom. The predicted molar refractivity (Wildman–Crippen MR) is 97.1 cm³/mol. The SMILES string of the molecule is COCCn1cnc2oc(C)c(C(=O)NCCn3cc(Br)cn3)c2c1=O. The summed E-state index contributed by atoms with van der Waals surface area (Å²) < 4.78 is 14.4. The minimum atomic E-state index is -0.379. The monoisotopic (exact) mass is 423 g/mol. The van der Waals surface area contributed by atoms with E-state index in [9.17, 15) is 9.59 Å². The zero-order valence-electron chi connectivity index (χ0n) is 14.4. The second kappa shape index (κ2) is 7.83. The summed E-state index contributed by atoms with van der Waals surface area (Å²) in [6.07, 6.45) is 4.87. The first-order valence-corrected chi connectivity index (χ1v) is 8.74. The molecular formula is C16H18BrN5O4. The van der Waals surface area contributed by atoms with Crippen molar-refractivity contribution < 1.29 is 13.9 Å². The highest BCUT2D eigenvalue weighted by atomic mass is 79.9. The van der Waals surface area contributed by atoms with Crippen molar-refractivity contribution in [3.63, 3.8) is 0 Å². The second-order valence-electron chi connectivity index (χ2n) is 5.63. The van der Waals surface area contributed by atoms with Crippen LogP contribution in [0.25, 0.3) is 11.1 Å². The molecule has 0 saturated carbocycles. The smallest absolute Gasteiger partial charge is 0.265 e. The summed E-state index contributed by atoms with van der Waals surface area (Å²) in [4.78, 5) is 29.4. The number of ether oxygens (including phenoxy) is 1. The molecule has 0 aliphatic rings. The third-order valence-electron chi connectivity index (χ3n) is 3.85. The molecule has 3 rings (SSSR count). The normalized spacial score (nSPS) is 11.2. The number of nitrogens with zero attached hydrogens (tertiary/aromatic N) is 4. The molecule has 0 aliphatic heterocycles. The molecule has 0 aliphatic carbocycles. The zero-order valence-corrected chi connectivity index (χ0v) is 15.9. The van der Waals surface area contributed by atoms with Crippen molar-refractivity contribution in [1.29, 1.82) is 0 Å². The largest absolute Gasteiger partial charge is 0.442 e. The van der Waals surface area contributed by atoms with Crippen molar-refractivity contribution in [2.75, 3.05) is 20.3 Å². The second-order valence-corrected chi connectivity index (χ2v) is 6.54. The van der Waals surface area contributed by atoms with Crippen LogP contribution in [-0.4, -0.2) is 45.5 Å². The molecule has 0 saturated heterocycles. The quantitative estimate of drug-likeness (QED) is 0.614. The summed E-state index contributed by atoms with van der Waals surface area (Å²) in [5.41, 5.74) is 0.0401. The highest BCUT2D eigenvalue weighted by molar-refractivity contribution is 9.10. The molecule has 0 spiro atoms. The molecule has 26 heavy (non-hydrogen) atoms. The van der Waals surface area contributed by atoms with E-state index >= 15 is 0 Å². The van der Waals surface area contributed by atoms with Gasteiger partial charge in [-0.15, -0.1) is 0 Å². The van der Waals surface area contributed by atoms with Gasteiger partial charge in [-0.05, 0) is 22.9 Å². The summed E-state index contributed by atoms with van der Waals surface area (Å²) in [6.45, 7) is 3.21. The van der Waals surface area contributed by atoms with Gasteiger partial charge < -0.3 is 14.5 Å². The van der Waals surface area contributed by atoms with Gasteiger partial charge >= 0.3 is 0 Å². The van der Waals surface area contributed by atoms with Crippen molar-refractivity contribution in [3.8, 4) is 0 Å². The van der Waals surface area contributed by atoms with Crippen LogP contribution in [0.1, 0.15) is 16.1 Å². The molecule has 0 atom stereocenters. The number of furan rings is 1. The lowest BCUT2D eigenvalue weighted by Crippen LogP contribution is -2.29. The summed E-state index contributed by atoms with van der Waals surface area (Å²) in [7, 11) is 1.55. The molecule has 0 fully saturated rings. The summed E-state index contributed by atoms with van der Waals surface area (Å²) in [6, 6.07) is 0. The van der Waals surface area contributed by atoms with Gasteiger partial charge in [-0.2, -0.15) is 5.10 Å². The molecule has 0 radical (unpaired) electrons. The van der Waals surface area contributed by atoms with Crippen LogP contribution in [0.3, 0.4) is 0 Å². The van der Waals surface area contributed by atoms with Gasteiger partial charge in [0, 0.05) is 19.9 Å². The standard InChI is InChI=1S/C16H18BrN5O4/c1-10-12(14(23)18-3-4-22-8-11(17)7-20-22)13-15(26-10)19-9-21(16(13)24)5-6-25-2/h7-9H,3-6H2,1-2H3,(H,18,23). The van der Waals surface area contributed by atoms with Gasteiger partial charge in [-0.3, -0.25) is 18.8 Å². The fourth-order valence-electron chi connectivity index (χ4n) is 2.59. The Hall–Kier alpha value is -2.46. The van der Waals surface area contributed by atoms with Gasteiger partial charge in [0.1, 0.15) is 17.5 Å². The Morgan fingerprint density at radius 3 is 2.92 bits per heavy atom. The first kappa shape index (κ1) is 18.3. The molecule has 1 N–H and O–H groups in total. The van der Waals surface area contributed by atoms with E-state index in [-0.39, 0.29) is 28.1 Å². The highest BCUT2D eigenvalue weighted by Gasteiger charge is 2.22. The van der Waals surface area contributed by atoms with Crippen LogP contribution >= 0.6 is 15.9 Å². The third-order valence-corrected chi connectivity index (χ3v) is 4.26. The number of aromatic nitrogens is 4. The average Bonchev–Trinajstić information content (AvgIpc) is 3.17. The number of carbonyl (C=O) groups excluding carboxylic acids is 1. The lowest BCUT2D eigenvalue weighted by Gasteiger charge is -2.06. The predicted octanol–water partition coefficient (Wildman–Crippen LogP) is 1.33. The van der Waals surface area contributed by atoms with Crippen molar-refractivity contribution >= 4 is 32.9 Å². The number of aryl methyl sites for hydroxylation is 1. The summed E-state index contributed by atoms with van der Waals surface area (Å²) >= 11 is 3.32. The maximum absolute atomic E-state index is 12.7. The number of rotatable bonds is 7. The van der Waals surface area contributed by atoms with E-state index in [2.05, 4.69) is 31.3 Å². The topological polar surface area (TPSA) is 104 Å². The van der Waals surface area contributed by atoms with Gasteiger partial charge in [0.05, 0.1) is 35.9 Å². The zero-order chi connectivity index (χ0) is 18.7. The number of halogens is 1. The van der Waals surface area contributed by atoms with Gasteiger partial charge in [-0.25, -0.2) is 4.98 Å². The first-order valence-electron chi connectivity index (χ1n) is 7.95. The molecule has 10 heteroatoms. The van der Waals surface area contributed by atoms with Gasteiger partial charge in [0.15, 0.2) is 0 Å². The highest BCUT2D eigenvalue weighted by Crippen LogP contribution is 2.20. The van der Waals surface area contributed by atoms with Gasteiger partial charge in [0.25, 0.3) is 11.5 Å². The van der Waals surface area contributed by atoms with E-state index in [1.54, 1.807) is 24.9 Å². The maximum Gasteiger partial charge on any atom is 0.265 e. The lowest BCUT2D eigenvalue weighted by atomic mass is 10.2. The minimum Gasteiger partial charge on any atom is -0.442 e. The molecule has 3 aromatic heterocycles. The molecule has 138 valence electrons. The van der Waals surface area contributed by atoms with Crippen LogP contribution in [0.15, 0.2) is 32.4 Å². The van der Waals surface area contributed by atoms with Crippen LogP contribution in [0, 0.1) is 6.92 Å². The number of hydrogen-bond acceptors (Lipinski definition) is 6. The molecule has 9 nitrogen and oxygen atoms in total. The Balaban J connectivity index is 1.82. The van der Waals surface area contributed by atoms with E-state index in [1.165, 1.54) is 10.9 Å². The molecule has 0 aromatic carbocycles. The maximum atomic E-state index is 12.7. The number of nitrogens with one attached hydrogen (secondary N) is 1. The Bertz CT molecular complexity index is 990. The van der Waals surface area contributed by atoms with E-state index in [0.717, 1.165) is 4.47 Å². The minimum absolute atomic E-state index is 0.155. The van der Waals surface area contributed by atoms with Crippen LogP contribution in [0.4, 0.5) is 0 Å². The summed E-state index contributed by atoms with van der Waals surface area (Å²) in [5.74, 6) is -0.0238. The number of hydrogen-bond donors (Lipinski definition) is 1. The van der Waals surface area contributed by atoms with Gasteiger partial charge in [0.2, 0.25) is 5.71 Å². The Morgan fingerprint density at radius 2 is 2.23 bits per heavy atom. The number of carbonyl (C=O) groups is 1. The first-order chi connectivity index (χ1) is 12.5. The molecule has 3 heterocycles. The van der Waals surface area contributed by atoms with Gasteiger partial charge in [-0.1, -0.05) is 0 Å². The number of fused-ring (bicyclic) bond motifs is 1. The fraction of sp³-hybridized carbons (Fsp3) is 0.375. The third kappa shape index (κ3) is 3.70. The molecular weight excluding hydrogens is 406 g/mol. The molecule has 0 unspecified atom stereocenters. The van der Waals surface area contributed by atoms with E-state index in [1.807, 2.05) is 6.20 Å². The molecule has 1 amide bonds. The Kier molecular flexibility index (Phi) is 5.52. The van der Waals surface area contributed by atoms with E-state index in [4.69, 9.17) is 9.15 Å². The summed E-state index contributed by atoms with van der Waals surface area (Å²) in [5, 5.41) is 7.09. The fourth-order valence-corrected chi connectivity index (χ4v) is 2.92. The lowest BCUT2D eigenvalue weighted by molar-refractivity contribution is 0.0951. The van der Waals surface area contributed by atoms with Crippen LogP contribution in [0.2, 0.25) is 0 Å².